The molecule has 1 aromatic carbocycles. The maximum Gasteiger partial charge on any atom is 0.306 e. The number of benzene rings is 1. The molecule has 0 radical (unpaired) electrons. The van der Waals surface area contributed by atoms with E-state index in [1.165, 1.54) is 12.5 Å². The molecule has 0 aliphatic heterocycles. The summed E-state index contributed by atoms with van der Waals surface area (Å²) >= 11 is 0. The van der Waals surface area contributed by atoms with Crippen LogP contribution in [0.25, 0.3) is 0 Å². The third kappa shape index (κ3) is 3.22. The molecule has 1 aliphatic carbocycles. The number of rotatable bonds is 3. The van der Waals surface area contributed by atoms with Crippen molar-refractivity contribution in [1.82, 2.24) is 0 Å². The average molecular weight is 266 g/mol. The molecule has 0 bridgehead atoms. The minimum atomic E-state index is -0.791. The van der Waals surface area contributed by atoms with E-state index in [2.05, 4.69) is 19.2 Å². The molecule has 0 amide bonds. The Morgan fingerprint density at radius 1 is 1.37 bits per heavy atom. The van der Waals surface area contributed by atoms with Crippen LogP contribution in [0.3, 0.4) is 0 Å². The summed E-state index contributed by atoms with van der Waals surface area (Å²) in [6, 6.07) is 4.29. The highest BCUT2D eigenvalue weighted by molar-refractivity contribution is 5.52. The van der Waals surface area contributed by atoms with Crippen molar-refractivity contribution in [3.05, 3.63) is 34.1 Å². The molecule has 1 aliphatic rings. The van der Waals surface area contributed by atoms with Gasteiger partial charge in [0.05, 0.1) is 4.92 Å². The topological polar surface area (TPSA) is 55.2 Å². The monoisotopic (exact) mass is 266 g/mol. The molecule has 19 heavy (non-hydrogen) atoms. The van der Waals surface area contributed by atoms with Crippen molar-refractivity contribution in [3.8, 4) is 0 Å². The highest BCUT2D eigenvalue weighted by atomic mass is 19.1. The minimum absolute atomic E-state index is 0.300. The summed E-state index contributed by atoms with van der Waals surface area (Å²) in [5, 5.41) is 14.0. The van der Waals surface area contributed by atoms with Gasteiger partial charge in [0.25, 0.3) is 0 Å². The molecule has 4 nitrogen and oxygen atoms in total. The maximum atomic E-state index is 13.3. The fourth-order valence-corrected chi connectivity index (χ4v) is 2.69. The van der Waals surface area contributed by atoms with E-state index in [1.807, 2.05) is 0 Å². The molecule has 1 N–H and O–H groups in total. The van der Waals surface area contributed by atoms with Gasteiger partial charge in [-0.05, 0) is 36.8 Å². The van der Waals surface area contributed by atoms with Crippen molar-refractivity contribution in [1.29, 1.82) is 0 Å². The van der Waals surface area contributed by atoms with Gasteiger partial charge in [-0.25, -0.2) is 0 Å². The van der Waals surface area contributed by atoms with E-state index >= 15 is 0 Å². The molecule has 3 atom stereocenters. The third-order valence-corrected chi connectivity index (χ3v) is 3.95. The smallest absolute Gasteiger partial charge is 0.306 e. The quantitative estimate of drug-likeness (QED) is 0.665. The summed E-state index contributed by atoms with van der Waals surface area (Å²) in [4.78, 5) is 10.0. The number of nitrogens with one attached hydrogen (secondary N) is 1. The number of nitrogens with zero attached hydrogens (tertiary/aromatic N) is 1. The normalized spacial score (nSPS) is 27.0. The zero-order valence-electron chi connectivity index (χ0n) is 11.2. The van der Waals surface area contributed by atoms with Gasteiger partial charge in [-0.3, -0.25) is 10.1 Å². The number of nitro groups is 1. The second-order valence-corrected chi connectivity index (χ2v) is 5.57. The predicted molar refractivity (Wildman–Crippen MR) is 72.6 cm³/mol. The van der Waals surface area contributed by atoms with E-state index < -0.39 is 16.4 Å². The SMILES string of the molecule is CC1CCC(C)C(Nc2ccc(F)c([N+](=O)[O-])c2)C1. The molecule has 5 heteroatoms. The highest BCUT2D eigenvalue weighted by Gasteiger charge is 2.26. The van der Waals surface area contributed by atoms with Gasteiger partial charge in [0.15, 0.2) is 0 Å². The number of halogens is 1. The third-order valence-electron chi connectivity index (χ3n) is 3.95. The fourth-order valence-electron chi connectivity index (χ4n) is 2.69. The Labute approximate surface area is 112 Å². The molecule has 0 aromatic heterocycles. The van der Waals surface area contributed by atoms with E-state index in [4.69, 9.17) is 0 Å². The fraction of sp³-hybridized carbons (Fsp3) is 0.571. The van der Waals surface area contributed by atoms with Crippen LogP contribution in [0.15, 0.2) is 18.2 Å². The highest BCUT2D eigenvalue weighted by Crippen LogP contribution is 2.31. The summed E-state index contributed by atoms with van der Waals surface area (Å²) in [5.74, 6) is 0.394. The first-order valence-electron chi connectivity index (χ1n) is 6.68. The van der Waals surface area contributed by atoms with Crippen LogP contribution in [0.5, 0.6) is 0 Å². The van der Waals surface area contributed by atoms with E-state index in [1.54, 1.807) is 6.07 Å². The zero-order valence-corrected chi connectivity index (χ0v) is 11.2. The van der Waals surface area contributed by atoms with Gasteiger partial charge in [0.1, 0.15) is 0 Å². The van der Waals surface area contributed by atoms with Crippen molar-refractivity contribution >= 4 is 11.4 Å². The number of hydrogen-bond acceptors (Lipinski definition) is 3. The molecule has 2 rings (SSSR count). The second-order valence-electron chi connectivity index (χ2n) is 5.57. The lowest BCUT2D eigenvalue weighted by atomic mass is 9.80. The van der Waals surface area contributed by atoms with Gasteiger partial charge >= 0.3 is 5.69 Å². The van der Waals surface area contributed by atoms with Crippen LogP contribution in [0.1, 0.15) is 33.1 Å². The van der Waals surface area contributed by atoms with Crippen molar-refractivity contribution in [2.75, 3.05) is 5.32 Å². The maximum absolute atomic E-state index is 13.3. The first-order valence-corrected chi connectivity index (χ1v) is 6.68. The van der Waals surface area contributed by atoms with Crippen LogP contribution in [-0.2, 0) is 0 Å². The van der Waals surface area contributed by atoms with Crippen LogP contribution < -0.4 is 5.32 Å². The van der Waals surface area contributed by atoms with Gasteiger partial charge in [-0.1, -0.05) is 20.3 Å². The number of nitro benzene ring substituents is 1. The lowest BCUT2D eigenvalue weighted by Crippen LogP contribution is -2.33. The first-order chi connectivity index (χ1) is 8.97. The van der Waals surface area contributed by atoms with Crippen molar-refractivity contribution in [3.63, 3.8) is 0 Å². The molecular formula is C14H19FN2O2. The summed E-state index contributed by atoms with van der Waals surface area (Å²) in [5.41, 5.74) is 0.153. The van der Waals surface area contributed by atoms with Gasteiger partial charge in [-0.15, -0.1) is 0 Å². The predicted octanol–water partition coefficient (Wildman–Crippen LogP) is 3.97. The molecule has 104 valence electrons. The Morgan fingerprint density at radius 2 is 2.11 bits per heavy atom. The lowest BCUT2D eigenvalue weighted by Gasteiger charge is -2.34. The largest absolute Gasteiger partial charge is 0.382 e. The van der Waals surface area contributed by atoms with Crippen LogP contribution in [0.4, 0.5) is 15.8 Å². The lowest BCUT2D eigenvalue weighted by molar-refractivity contribution is -0.387. The summed E-state index contributed by atoms with van der Waals surface area (Å²) in [7, 11) is 0. The molecule has 1 fully saturated rings. The standard InChI is InChI=1S/C14H19FN2O2/c1-9-3-4-10(2)13(7-9)16-11-5-6-12(15)14(8-11)17(18)19/h5-6,8-10,13,16H,3-4,7H2,1-2H3. The average Bonchev–Trinajstić information content (AvgIpc) is 2.36. The van der Waals surface area contributed by atoms with E-state index in [9.17, 15) is 14.5 Å². The van der Waals surface area contributed by atoms with Crippen molar-refractivity contribution < 1.29 is 9.31 Å². The van der Waals surface area contributed by atoms with Crippen molar-refractivity contribution in [2.24, 2.45) is 11.8 Å². The van der Waals surface area contributed by atoms with Gasteiger partial charge in [-0.2, -0.15) is 4.39 Å². The Hall–Kier alpha value is -1.65. The summed E-state index contributed by atoms with van der Waals surface area (Å²) in [6.07, 6.45) is 3.43. The molecule has 3 unspecified atom stereocenters. The van der Waals surface area contributed by atoms with E-state index in [0.29, 0.717) is 23.6 Å². The molecule has 1 saturated carbocycles. The van der Waals surface area contributed by atoms with Crippen molar-refractivity contribution in [2.45, 2.75) is 39.2 Å². The van der Waals surface area contributed by atoms with E-state index in [0.717, 1.165) is 18.9 Å². The molecule has 0 spiro atoms. The first kappa shape index (κ1) is 13.8. The second kappa shape index (κ2) is 5.55. The van der Waals surface area contributed by atoms with Gasteiger partial charge < -0.3 is 5.32 Å². The summed E-state index contributed by atoms with van der Waals surface area (Å²) < 4.78 is 13.3. The van der Waals surface area contributed by atoms with E-state index in [-0.39, 0.29) is 0 Å². The molecule has 0 heterocycles. The van der Waals surface area contributed by atoms with Gasteiger partial charge in [0, 0.05) is 17.8 Å². The minimum Gasteiger partial charge on any atom is -0.382 e. The Morgan fingerprint density at radius 3 is 2.79 bits per heavy atom. The Kier molecular flexibility index (Phi) is 4.02. The Bertz CT molecular complexity index is 479. The molecular weight excluding hydrogens is 247 g/mol. The van der Waals surface area contributed by atoms with Gasteiger partial charge in [0.2, 0.25) is 5.82 Å². The van der Waals surface area contributed by atoms with Crippen LogP contribution in [0.2, 0.25) is 0 Å². The molecule has 1 aromatic rings. The zero-order chi connectivity index (χ0) is 14.0. The number of anilines is 1. The molecule has 0 saturated heterocycles. The van der Waals surface area contributed by atoms with Crippen LogP contribution in [-0.4, -0.2) is 11.0 Å². The summed E-state index contributed by atoms with van der Waals surface area (Å²) in [6.45, 7) is 4.40. The van der Waals surface area contributed by atoms with Crippen LogP contribution >= 0.6 is 0 Å². The Balaban J connectivity index is 2.14. The van der Waals surface area contributed by atoms with Crippen LogP contribution in [0, 0.1) is 27.8 Å². The number of hydrogen-bond donors (Lipinski definition) is 1.